The lowest BCUT2D eigenvalue weighted by Crippen LogP contribution is -2.72. The van der Waals surface area contributed by atoms with E-state index in [1.165, 1.54) is 0 Å². The van der Waals surface area contributed by atoms with Crippen molar-refractivity contribution < 1.29 is 29.6 Å². The summed E-state index contributed by atoms with van der Waals surface area (Å²) < 4.78 is 11.1. The molecule has 0 atom stereocenters. The second-order valence-corrected chi connectivity index (χ2v) is 7.96. The monoisotopic (exact) mass is 570 g/mol. The highest BCUT2D eigenvalue weighted by Crippen LogP contribution is 2.12. The normalized spacial score (nSPS) is 9.35. The maximum atomic E-state index is 8.25. The lowest BCUT2D eigenvalue weighted by molar-refractivity contribution is -0.403. The van der Waals surface area contributed by atoms with Gasteiger partial charge >= 0.3 is 11.9 Å². The number of nitrogens with zero attached hydrogens (tertiary/aromatic N) is 4. The van der Waals surface area contributed by atoms with Crippen molar-refractivity contribution in [2.24, 2.45) is 22.9 Å². The molecule has 0 amide bonds. The molecule has 0 aliphatic rings. The van der Waals surface area contributed by atoms with Crippen molar-refractivity contribution in [2.75, 3.05) is 54.5 Å². The van der Waals surface area contributed by atoms with Crippen LogP contribution in [0, 0.1) is 30.6 Å². The molecule has 18 nitrogen and oxygen atoms in total. The van der Waals surface area contributed by atoms with Gasteiger partial charge in [-0.05, 0) is 76.7 Å². The molecular weight excluding hydrogens is 532 g/mol. The van der Waals surface area contributed by atoms with Gasteiger partial charge in [0.2, 0.25) is 0 Å². The summed E-state index contributed by atoms with van der Waals surface area (Å²) in [5.41, 5.74) is 23.0. The van der Waals surface area contributed by atoms with Gasteiger partial charge in [0.05, 0.1) is 21.5 Å². The third kappa shape index (κ3) is 27.5. The van der Waals surface area contributed by atoms with Gasteiger partial charge in [0.25, 0.3) is 0 Å². The van der Waals surface area contributed by atoms with Crippen LogP contribution in [0.4, 0.5) is 11.4 Å². The first-order valence-corrected chi connectivity index (χ1v) is 11.3. The fourth-order valence-corrected chi connectivity index (χ4v) is 2.29. The van der Waals surface area contributed by atoms with Crippen molar-refractivity contribution in [3.8, 4) is 11.5 Å². The molecule has 0 fully saturated rings. The van der Waals surface area contributed by atoms with Crippen molar-refractivity contribution >= 4 is 23.3 Å². The lowest BCUT2D eigenvalue weighted by Gasteiger charge is -2.10. The number of likely N-dealkylation sites (N-methyl/N-ethyl adjacent to an activating group) is 2. The second kappa shape index (κ2) is 21.9. The number of nitrogens with one attached hydrogen (secondary N) is 2. The van der Waals surface area contributed by atoms with Crippen LogP contribution in [0.1, 0.15) is 0 Å². The molecule has 2 aromatic carbocycles. The van der Waals surface area contributed by atoms with Gasteiger partial charge in [-0.15, -0.1) is 0 Å². The minimum atomic E-state index is -1.75. The molecule has 2 rings (SSSR count). The van der Waals surface area contributed by atoms with Crippen molar-refractivity contribution in [2.45, 2.75) is 0 Å². The highest BCUT2D eigenvalue weighted by Gasteiger charge is 1.98. The predicted molar refractivity (Wildman–Crippen MR) is 150 cm³/mol. The molecule has 0 aromatic heterocycles. The maximum absolute atomic E-state index is 8.25. The predicted octanol–water partition coefficient (Wildman–Crippen LogP) is -3.25. The standard InChI is InChI=1S/2C11H18N4O.2NO3/c2*1-15(2)7-8-16-10-5-3-9(4-6-10)14-11(12)13;2*2-1(3)4/h2*3-6H,7-8H2,1-2H3,(H4,12,13,14);;/q;;2*-1/p+2. The quantitative estimate of drug-likeness (QED) is 0.0707. The number of benzene rings is 2. The first kappa shape index (κ1) is 37.1. The molecule has 40 heavy (non-hydrogen) atoms. The lowest BCUT2D eigenvalue weighted by atomic mass is 10.3. The minimum Gasteiger partial charge on any atom is -0.492 e. The van der Waals surface area contributed by atoms with E-state index in [0.29, 0.717) is 13.2 Å². The Morgan fingerprint density at radius 3 is 1.10 bits per heavy atom. The van der Waals surface area contributed by atoms with Gasteiger partial charge in [0, 0.05) is 13.1 Å². The number of hydrogen-bond donors (Lipinski definition) is 6. The fourth-order valence-electron chi connectivity index (χ4n) is 2.29. The Morgan fingerprint density at radius 2 is 0.900 bits per heavy atom. The van der Waals surface area contributed by atoms with Crippen LogP contribution in [0.25, 0.3) is 0 Å². The number of guanidine groups is 2. The maximum Gasteiger partial charge on any atom is 0.343 e. The number of nitrogens with two attached hydrogens (primary N) is 4. The molecule has 18 heteroatoms. The Bertz CT molecular complexity index is 933. The third-order valence-corrected chi connectivity index (χ3v) is 3.90. The van der Waals surface area contributed by atoms with E-state index in [2.05, 4.69) is 19.8 Å². The van der Waals surface area contributed by atoms with Crippen LogP contribution >= 0.6 is 0 Å². The molecule has 0 aliphatic carbocycles. The minimum absolute atomic E-state index is 0.182. The number of hydrogen-bond acceptors (Lipinski definition) is 10. The van der Waals surface area contributed by atoms with Crippen LogP contribution in [0.3, 0.4) is 0 Å². The van der Waals surface area contributed by atoms with Crippen LogP contribution < -0.4 is 42.4 Å². The molecule has 0 unspecified atom stereocenters. The SMILES string of the molecule is CN(C)CCOc1ccc([NH+]=C(N)N)cc1.CN(C)CCOc1ccc([NH+]=C(N)N)cc1.O=[N+]([O-])[O-].O=[N+]([O-])[O-]. The Balaban J connectivity index is 0. The topological polar surface area (TPSA) is 289 Å². The third-order valence-electron chi connectivity index (χ3n) is 3.90. The van der Waals surface area contributed by atoms with Gasteiger partial charge in [-0.3, -0.25) is 22.9 Å². The van der Waals surface area contributed by atoms with Gasteiger partial charge in [-0.2, -0.15) is 0 Å². The smallest absolute Gasteiger partial charge is 0.343 e. The Kier molecular flexibility index (Phi) is 20.3. The summed E-state index contributed by atoms with van der Waals surface area (Å²) >= 11 is 0. The average molecular weight is 571 g/mol. The highest BCUT2D eigenvalue weighted by molar-refractivity contribution is 5.70. The van der Waals surface area contributed by atoms with E-state index < -0.39 is 10.2 Å². The first-order valence-electron chi connectivity index (χ1n) is 11.3. The van der Waals surface area contributed by atoms with E-state index in [-0.39, 0.29) is 11.9 Å². The van der Waals surface area contributed by atoms with E-state index in [9.17, 15) is 0 Å². The van der Waals surface area contributed by atoms with Crippen molar-refractivity contribution in [1.29, 1.82) is 0 Å². The highest BCUT2D eigenvalue weighted by atomic mass is 16.9. The summed E-state index contributed by atoms with van der Waals surface area (Å²) in [6, 6.07) is 15.0. The van der Waals surface area contributed by atoms with E-state index in [0.717, 1.165) is 36.0 Å². The summed E-state index contributed by atoms with van der Waals surface area (Å²) in [4.78, 5) is 26.3. The van der Waals surface area contributed by atoms with Crippen molar-refractivity contribution in [1.82, 2.24) is 9.80 Å². The molecule has 2 aromatic rings. The second-order valence-electron chi connectivity index (χ2n) is 7.96. The average Bonchev–Trinajstić information content (AvgIpc) is 2.80. The van der Waals surface area contributed by atoms with Crippen LogP contribution in [0.5, 0.6) is 11.5 Å². The van der Waals surface area contributed by atoms with Crippen LogP contribution in [0.2, 0.25) is 0 Å². The van der Waals surface area contributed by atoms with Gasteiger partial charge in [-0.1, -0.05) is 0 Å². The zero-order valence-electron chi connectivity index (χ0n) is 22.8. The zero-order valence-corrected chi connectivity index (χ0v) is 22.8. The van der Waals surface area contributed by atoms with Crippen LogP contribution in [-0.4, -0.2) is 86.4 Å². The molecule has 0 saturated heterocycles. The summed E-state index contributed by atoms with van der Waals surface area (Å²) in [6.07, 6.45) is 0. The summed E-state index contributed by atoms with van der Waals surface area (Å²) in [5.74, 6) is 2.04. The zero-order chi connectivity index (χ0) is 31.1. The Hall–Kier alpha value is -5.10. The van der Waals surface area contributed by atoms with Crippen LogP contribution in [0.15, 0.2) is 48.5 Å². The van der Waals surface area contributed by atoms with E-state index in [1.807, 2.05) is 76.7 Å². The number of ether oxygens (including phenoxy) is 2. The molecule has 0 bridgehead atoms. The molecule has 0 saturated carbocycles. The molecule has 224 valence electrons. The fraction of sp³-hybridized carbons (Fsp3) is 0.364. The summed E-state index contributed by atoms with van der Waals surface area (Å²) in [7, 11) is 8.04. The van der Waals surface area contributed by atoms with Gasteiger partial charge in [-0.25, -0.2) is 9.98 Å². The van der Waals surface area contributed by atoms with E-state index in [1.54, 1.807) is 0 Å². The van der Waals surface area contributed by atoms with Gasteiger partial charge in [0.1, 0.15) is 24.7 Å². The van der Waals surface area contributed by atoms with E-state index >= 15 is 0 Å². The largest absolute Gasteiger partial charge is 0.492 e. The molecule has 10 N–H and O–H groups in total. The first-order chi connectivity index (χ1) is 18.6. The van der Waals surface area contributed by atoms with Crippen molar-refractivity contribution in [3.63, 3.8) is 0 Å². The molecular formula is C22H38N10O8. The Labute approximate surface area is 231 Å². The van der Waals surface area contributed by atoms with Crippen molar-refractivity contribution in [3.05, 3.63) is 79.2 Å². The van der Waals surface area contributed by atoms with Gasteiger partial charge in [0.15, 0.2) is 0 Å². The van der Waals surface area contributed by atoms with Gasteiger partial charge < -0.3 is 49.9 Å². The summed E-state index contributed by atoms with van der Waals surface area (Å²) in [6.45, 7) is 3.13. The summed E-state index contributed by atoms with van der Waals surface area (Å²) in [5, 5.41) is 29.5. The Morgan fingerprint density at radius 1 is 0.650 bits per heavy atom. The van der Waals surface area contributed by atoms with E-state index in [4.69, 9.17) is 63.1 Å². The number of rotatable bonds is 10. The van der Waals surface area contributed by atoms with Crippen LogP contribution in [-0.2, 0) is 0 Å². The molecule has 0 spiro atoms. The molecule has 0 heterocycles. The molecule has 0 aliphatic heterocycles. The molecule has 0 radical (unpaired) electrons.